The van der Waals surface area contributed by atoms with Gasteiger partial charge in [0.25, 0.3) is 0 Å². The zero-order valence-corrected chi connectivity index (χ0v) is 15.9. The summed E-state index contributed by atoms with van der Waals surface area (Å²) in [4.78, 5) is 2.31. The SMILES string of the molecule is Cc1cccc(CN2CCN(S(=O)(=O)Cc3ccc(Cl)cc3)CC2)c1. The summed E-state index contributed by atoms with van der Waals surface area (Å²) in [6.45, 7) is 5.56. The molecule has 0 atom stereocenters. The van der Waals surface area contributed by atoms with Gasteiger partial charge in [-0.3, -0.25) is 4.90 Å². The van der Waals surface area contributed by atoms with E-state index < -0.39 is 10.0 Å². The number of aryl methyl sites for hydroxylation is 1. The molecule has 0 unspecified atom stereocenters. The van der Waals surface area contributed by atoms with Gasteiger partial charge in [-0.1, -0.05) is 53.6 Å². The first kappa shape index (κ1) is 18.4. The molecule has 0 radical (unpaired) electrons. The first-order valence-corrected chi connectivity index (χ1v) is 10.4. The van der Waals surface area contributed by atoms with Gasteiger partial charge in [-0.05, 0) is 30.2 Å². The number of hydrogen-bond donors (Lipinski definition) is 0. The van der Waals surface area contributed by atoms with Crippen molar-refractivity contribution in [1.29, 1.82) is 0 Å². The van der Waals surface area contributed by atoms with Crippen molar-refractivity contribution in [2.45, 2.75) is 19.2 Å². The van der Waals surface area contributed by atoms with Gasteiger partial charge in [-0.2, -0.15) is 4.31 Å². The summed E-state index contributed by atoms with van der Waals surface area (Å²) in [7, 11) is -3.29. The van der Waals surface area contributed by atoms with E-state index in [1.165, 1.54) is 11.1 Å². The average molecular weight is 379 g/mol. The lowest BCUT2D eigenvalue weighted by Crippen LogP contribution is -2.48. The fourth-order valence-electron chi connectivity index (χ4n) is 3.12. The maximum atomic E-state index is 12.6. The van der Waals surface area contributed by atoms with Crippen LogP contribution < -0.4 is 0 Å². The first-order chi connectivity index (χ1) is 11.9. The van der Waals surface area contributed by atoms with Crippen LogP contribution in [0.2, 0.25) is 5.02 Å². The van der Waals surface area contributed by atoms with Crippen LogP contribution in [0, 0.1) is 6.92 Å². The standard InChI is InChI=1S/C19H23ClN2O2S/c1-16-3-2-4-18(13-16)14-21-9-11-22(12-10-21)25(23,24)15-17-5-7-19(20)8-6-17/h2-8,13H,9-12,14-15H2,1H3. The molecule has 134 valence electrons. The van der Waals surface area contributed by atoms with Crippen LogP contribution in [0.3, 0.4) is 0 Å². The quantitative estimate of drug-likeness (QED) is 0.801. The molecule has 0 aliphatic carbocycles. The lowest BCUT2D eigenvalue weighted by Gasteiger charge is -2.34. The number of rotatable bonds is 5. The Kier molecular flexibility index (Phi) is 5.79. The van der Waals surface area contributed by atoms with Crippen molar-refractivity contribution < 1.29 is 8.42 Å². The fourth-order valence-corrected chi connectivity index (χ4v) is 4.76. The topological polar surface area (TPSA) is 40.6 Å². The molecule has 0 bridgehead atoms. The molecule has 3 rings (SSSR count). The van der Waals surface area contributed by atoms with Gasteiger partial charge in [0.2, 0.25) is 10.0 Å². The summed E-state index contributed by atoms with van der Waals surface area (Å²) in [5.74, 6) is 0.0298. The highest BCUT2D eigenvalue weighted by Crippen LogP contribution is 2.17. The molecule has 25 heavy (non-hydrogen) atoms. The largest absolute Gasteiger partial charge is 0.296 e. The van der Waals surface area contributed by atoms with E-state index in [0.717, 1.165) is 25.2 Å². The highest BCUT2D eigenvalue weighted by Gasteiger charge is 2.27. The smallest absolute Gasteiger partial charge is 0.218 e. The highest BCUT2D eigenvalue weighted by atomic mass is 35.5. The molecular weight excluding hydrogens is 356 g/mol. The third kappa shape index (κ3) is 5.05. The summed E-state index contributed by atoms with van der Waals surface area (Å²) >= 11 is 5.86. The van der Waals surface area contributed by atoms with E-state index in [0.29, 0.717) is 18.1 Å². The minimum atomic E-state index is -3.29. The van der Waals surface area contributed by atoms with Crippen LogP contribution in [0.4, 0.5) is 0 Å². The van der Waals surface area contributed by atoms with Crippen molar-refractivity contribution >= 4 is 21.6 Å². The van der Waals surface area contributed by atoms with Crippen LogP contribution in [0.15, 0.2) is 48.5 Å². The normalized spacial score (nSPS) is 16.9. The second-order valence-electron chi connectivity index (χ2n) is 6.55. The van der Waals surface area contributed by atoms with E-state index in [-0.39, 0.29) is 5.75 Å². The third-order valence-electron chi connectivity index (χ3n) is 4.48. The molecular formula is C19H23ClN2O2S. The summed E-state index contributed by atoms with van der Waals surface area (Å²) in [5.41, 5.74) is 3.30. The lowest BCUT2D eigenvalue weighted by atomic mass is 10.1. The number of sulfonamides is 1. The van der Waals surface area contributed by atoms with Gasteiger partial charge in [-0.15, -0.1) is 0 Å². The number of piperazine rings is 1. The summed E-state index contributed by atoms with van der Waals surface area (Å²) in [6.07, 6.45) is 0. The lowest BCUT2D eigenvalue weighted by molar-refractivity contribution is 0.181. The van der Waals surface area contributed by atoms with Crippen molar-refractivity contribution in [3.8, 4) is 0 Å². The van der Waals surface area contributed by atoms with Gasteiger partial charge in [0.05, 0.1) is 5.75 Å². The van der Waals surface area contributed by atoms with Gasteiger partial charge in [0.1, 0.15) is 0 Å². The Hall–Kier alpha value is -1.40. The summed E-state index contributed by atoms with van der Waals surface area (Å²) in [5, 5.41) is 0.617. The second kappa shape index (κ2) is 7.87. The second-order valence-corrected chi connectivity index (χ2v) is 8.95. The van der Waals surface area contributed by atoms with Crippen molar-refractivity contribution in [3.63, 3.8) is 0 Å². The van der Waals surface area contributed by atoms with Crippen LogP contribution in [0.5, 0.6) is 0 Å². The van der Waals surface area contributed by atoms with Gasteiger partial charge in [0, 0.05) is 37.7 Å². The zero-order valence-electron chi connectivity index (χ0n) is 14.4. The number of halogens is 1. The Bertz CT molecular complexity index is 814. The van der Waals surface area contributed by atoms with E-state index in [1.807, 2.05) is 0 Å². The van der Waals surface area contributed by atoms with Crippen LogP contribution in [-0.2, 0) is 22.3 Å². The molecule has 1 aliphatic heterocycles. The number of nitrogens with zero attached hydrogens (tertiary/aromatic N) is 2. The van der Waals surface area contributed by atoms with Crippen LogP contribution in [0.1, 0.15) is 16.7 Å². The molecule has 0 amide bonds. The van der Waals surface area contributed by atoms with Gasteiger partial charge in [0.15, 0.2) is 0 Å². The maximum Gasteiger partial charge on any atom is 0.218 e. The van der Waals surface area contributed by atoms with E-state index in [1.54, 1.807) is 28.6 Å². The van der Waals surface area contributed by atoms with Gasteiger partial charge in [-0.25, -0.2) is 8.42 Å². The van der Waals surface area contributed by atoms with E-state index in [4.69, 9.17) is 11.6 Å². The van der Waals surface area contributed by atoms with Crippen molar-refractivity contribution in [3.05, 3.63) is 70.2 Å². The molecule has 1 fully saturated rings. The number of hydrogen-bond acceptors (Lipinski definition) is 3. The summed E-state index contributed by atoms with van der Waals surface area (Å²) < 4.78 is 26.9. The monoisotopic (exact) mass is 378 g/mol. The van der Waals surface area contributed by atoms with Crippen LogP contribution in [0.25, 0.3) is 0 Å². The van der Waals surface area contributed by atoms with E-state index in [9.17, 15) is 8.42 Å². The first-order valence-electron chi connectivity index (χ1n) is 8.42. The molecule has 4 nitrogen and oxygen atoms in total. The molecule has 0 N–H and O–H groups in total. The Morgan fingerprint density at radius 1 is 0.960 bits per heavy atom. The summed E-state index contributed by atoms with van der Waals surface area (Å²) in [6, 6.07) is 15.5. The van der Waals surface area contributed by atoms with Gasteiger partial charge < -0.3 is 0 Å². The fraction of sp³-hybridized carbons (Fsp3) is 0.368. The van der Waals surface area contributed by atoms with Crippen LogP contribution >= 0.6 is 11.6 Å². The molecule has 1 heterocycles. The van der Waals surface area contributed by atoms with Crippen LogP contribution in [-0.4, -0.2) is 43.8 Å². The molecule has 2 aromatic carbocycles. The minimum Gasteiger partial charge on any atom is -0.296 e. The third-order valence-corrected chi connectivity index (χ3v) is 6.58. The highest BCUT2D eigenvalue weighted by molar-refractivity contribution is 7.88. The Morgan fingerprint density at radius 3 is 2.28 bits per heavy atom. The molecule has 2 aromatic rings. The molecule has 1 saturated heterocycles. The van der Waals surface area contributed by atoms with E-state index >= 15 is 0 Å². The molecule has 0 spiro atoms. The van der Waals surface area contributed by atoms with Crippen molar-refractivity contribution in [2.75, 3.05) is 26.2 Å². The Morgan fingerprint density at radius 2 is 1.64 bits per heavy atom. The van der Waals surface area contributed by atoms with E-state index in [2.05, 4.69) is 36.1 Å². The molecule has 0 aromatic heterocycles. The Labute approximate surface area is 155 Å². The van der Waals surface area contributed by atoms with Crippen molar-refractivity contribution in [2.24, 2.45) is 0 Å². The predicted octanol–water partition coefficient (Wildman–Crippen LogP) is 3.30. The maximum absolute atomic E-state index is 12.6. The molecule has 0 saturated carbocycles. The molecule has 6 heteroatoms. The number of benzene rings is 2. The zero-order chi connectivity index (χ0) is 17.9. The van der Waals surface area contributed by atoms with Gasteiger partial charge >= 0.3 is 0 Å². The predicted molar refractivity (Wildman–Crippen MR) is 102 cm³/mol. The average Bonchev–Trinajstić information content (AvgIpc) is 2.57. The minimum absolute atomic E-state index is 0.0298. The molecule has 1 aliphatic rings. The van der Waals surface area contributed by atoms with Crippen molar-refractivity contribution in [1.82, 2.24) is 9.21 Å². The Balaban J connectivity index is 1.56.